The van der Waals surface area contributed by atoms with Crippen molar-refractivity contribution in [1.82, 2.24) is 0 Å². The van der Waals surface area contributed by atoms with Crippen molar-refractivity contribution in [3.05, 3.63) is 39.7 Å². The molecule has 28 heavy (non-hydrogen) atoms. The molecule has 152 valence electrons. The van der Waals surface area contributed by atoms with E-state index in [2.05, 4.69) is 0 Å². The number of aryl methyl sites for hydroxylation is 2. The molecule has 2 aromatic rings. The van der Waals surface area contributed by atoms with Crippen molar-refractivity contribution in [2.24, 2.45) is 0 Å². The number of hydrogen-bond acceptors (Lipinski definition) is 7. The first-order valence-corrected chi connectivity index (χ1v) is 9.42. The smallest absolute Gasteiger partial charge is 0.347 e. The van der Waals surface area contributed by atoms with Crippen molar-refractivity contribution < 1.29 is 28.2 Å². The summed E-state index contributed by atoms with van der Waals surface area (Å²) in [6, 6.07) is 4.80. The molecule has 0 radical (unpaired) electrons. The molecule has 0 saturated carbocycles. The number of esters is 2. The number of ether oxygens (including phenoxy) is 3. The summed E-state index contributed by atoms with van der Waals surface area (Å²) in [5.41, 5.74) is 1.36. The Balaban J connectivity index is 2.35. The zero-order valence-electron chi connectivity index (χ0n) is 16.7. The van der Waals surface area contributed by atoms with Gasteiger partial charge in [0, 0.05) is 23.9 Å². The van der Waals surface area contributed by atoms with Gasteiger partial charge in [-0.05, 0) is 50.8 Å². The summed E-state index contributed by atoms with van der Waals surface area (Å²) in [6.45, 7) is 7.65. The maximum atomic E-state index is 11.9. The van der Waals surface area contributed by atoms with Crippen LogP contribution < -0.4 is 10.4 Å². The third-order valence-electron chi connectivity index (χ3n) is 4.12. The molecule has 0 N–H and O–H groups in total. The molecular weight excluding hydrogens is 364 g/mol. The second-order valence-electron chi connectivity index (χ2n) is 6.44. The van der Waals surface area contributed by atoms with E-state index in [4.69, 9.17) is 18.6 Å². The van der Waals surface area contributed by atoms with Gasteiger partial charge in [-0.1, -0.05) is 6.92 Å². The van der Waals surface area contributed by atoms with Gasteiger partial charge in [-0.2, -0.15) is 0 Å². The van der Waals surface area contributed by atoms with Crippen molar-refractivity contribution >= 4 is 22.9 Å². The van der Waals surface area contributed by atoms with Gasteiger partial charge in [-0.3, -0.25) is 4.79 Å². The monoisotopic (exact) mass is 390 g/mol. The minimum absolute atomic E-state index is 0.172. The van der Waals surface area contributed by atoms with Crippen LogP contribution in [0.1, 0.15) is 44.7 Å². The van der Waals surface area contributed by atoms with E-state index in [0.717, 1.165) is 17.4 Å². The highest BCUT2D eigenvalue weighted by Gasteiger charge is 2.19. The van der Waals surface area contributed by atoms with Gasteiger partial charge in [0.1, 0.15) is 11.3 Å². The molecule has 0 amide bonds. The molecule has 2 rings (SSSR count). The number of benzene rings is 1. The highest BCUT2D eigenvalue weighted by Crippen LogP contribution is 2.29. The quantitative estimate of drug-likeness (QED) is 0.479. The lowest BCUT2D eigenvalue weighted by atomic mass is 10.0. The summed E-state index contributed by atoms with van der Waals surface area (Å²) >= 11 is 0. The van der Waals surface area contributed by atoms with E-state index in [1.807, 2.05) is 13.0 Å². The first kappa shape index (κ1) is 21.5. The van der Waals surface area contributed by atoms with Gasteiger partial charge < -0.3 is 18.6 Å². The normalized spacial score (nSPS) is 11.9. The van der Waals surface area contributed by atoms with Crippen molar-refractivity contribution in [2.45, 2.75) is 53.1 Å². The lowest BCUT2D eigenvalue weighted by molar-refractivity contribution is -0.150. The highest BCUT2D eigenvalue weighted by molar-refractivity contribution is 5.83. The van der Waals surface area contributed by atoms with Crippen LogP contribution >= 0.6 is 0 Å². The molecule has 0 fully saturated rings. The van der Waals surface area contributed by atoms with Crippen LogP contribution in [0.2, 0.25) is 0 Å². The topological polar surface area (TPSA) is 92.0 Å². The van der Waals surface area contributed by atoms with Crippen molar-refractivity contribution in [1.29, 1.82) is 0 Å². The molecule has 1 heterocycles. The van der Waals surface area contributed by atoms with E-state index in [9.17, 15) is 14.4 Å². The van der Waals surface area contributed by atoms with Crippen molar-refractivity contribution in [2.75, 3.05) is 13.2 Å². The number of carbonyl (C=O) groups is 2. The minimum Gasteiger partial charge on any atom is -0.479 e. The molecule has 0 saturated heterocycles. The molecule has 0 aliphatic heterocycles. The van der Waals surface area contributed by atoms with Gasteiger partial charge >= 0.3 is 17.6 Å². The van der Waals surface area contributed by atoms with Gasteiger partial charge in [0.25, 0.3) is 0 Å². The Morgan fingerprint density at radius 3 is 2.57 bits per heavy atom. The lowest BCUT2D eigenvalue weighted by Crippen LogP contribution is -2.26. The van der Waals surface area contributed by atoms with Crippen LogP contribution in [-0.2, 0) is 25.5 Å². The van der Waals surface area contributed by atoms with Crippen molar-refractivity contribution in [3.8, 4) is 5.75 Å². The van der Waals surface area contributed by atoms with E-state index < -0.39 is 17.7 Å². The Morgan fingerprint density at radius 2 is 1.89 bits per heavy atom. The molecule has 7 nitrogen and oxygen atoms in total. The van der Waals surface area contributed by atoms with Crippen LogP contribution in [0.5, 0.6) is 5.75 Å². The fourth-order valence-electron chi connectivity index (χ4n) is 2.72. The molecule has 7 heteroatoms. The largest absolute Gasteiger partial charge is 0.479 e. The van der Waals surface area contributed by atoms with E-state index in [1.165, 1.54) is 6.07 Å². The molecule has 0 bridgehead atoms. The first-order chi connectivity index (χ1) is 13.3. The van der Waals surface area contributed by atoms with Gasteiger partial charge in [0.2, 0.25) is 0 Å². The Morgan fingerprint density at radius 1 is 1.14 bits per heavy atom. The lowest BCUT2D eigenvalue weighted by Gasteiger charge is -2.17. The predicted octanol–water partition coefficient (Wildman–Crippen LogP) is 3.32. The maximum absolute atomic E-state index is 11.9. The fraction of sp³-hybridized carbons (Fsp3) is 0.476. The Bertz CT molecular complexity index is 897. The zero-order chi connectivity index (χ0) is 20.7. The highest BCUT2D eigenvalue weighted by atomic mass is 16.6. The van der Waals surface area contributed by atoms with E-state index in [1.54, 1.807) is 26.8 Å². The minimum atomic E-state index is -0.847. The maximum Gasteiger partial charge on any atom is 0.347 e. The van der Waals surface area contributed by atoms with E-state index >= 15 is 0 Å². The van der Waals surface area contributed by atoms with Crippen LogP contribution in [0, 0.1) is 6.92 Å². The number of fused-ring (bicyclic) bond motifs is 1. The molecule has 1 aromatic heterocycles. The second-order valence-corrected chi connectivity index (χ2v) is 6.44. The van der Waals surface area contributed by atoms with Gasteiger partial charge in [0.05, 0.1) is 13.2 Å². The number of rotatable bonds is 9. The van der Waals surface area contributed by atoms with Crippen LogP contribution in [-0.4, -0.2) is 31.3 Å². The fourth-order valence-corrected chi connectivity index (χ4v) is 2.72. The Hall–Kier alpha value is -2.83. The second kappa shape index (κ2) is 9.92. The van der Waals surface area contributed by atoms with E-state index in [0.29, 0.717) is 29.9 Å². The number of carbonyl (C=O) groups excluding carboxylic acids is 2. The predicted molar refractivity (Wildman–Crippen MR) is 104 cm³/mol. The summed E-state index contributed by atoms with van der Waals surface area (Å²) in [5, 5.41) is 0.743. The zero-order valence-corrected chi connectivity index (χ0v) is 16.7. The van der Waals surface area contributed by atoms with E-state index in [-0.39, 0.29) is 19.0 Å². The third kappa shape index (κ3) is 5.58. The van der Waals surface area contributed by atoms with Gasteiger partial charge in [-0.15, -0.1) is 0 Å². The summed E-state index contributed by atoms with van der Waals surface area (Å²) in [6.07, 6.45) is 0.443. The molecule has 0 spiro atoms. The summed E-state index contributed by atoms with van der Waals surface area (Å²) in [4.78, 5) is 35.5. The van der Waals surface area contributed by atoms with Crippen LogP contribution in [0.4, 0.5) is 0 Å². The molecule has 0 aliphatic carbocycles. The van der Waals surface area contributed by atoms with Gasteiger partial charge in [-0.25, -0.2) is 9.59 Å². The first-order valence-electron chi connectivity index (χ1n) is 9.42. The summed E-state index contributed by atoms with van der Waals surface area (Å²) in [5.74, 6) is -0.436. The molecule has 1 atom stereocenters. The summed E-state index contributed by atoms with van der Waals surface area (Å²) in [7, 11) is 0. The number of hydrogen-bond donors (Lipinski definition) is 0. The Kier molecular flexibility index (Phi) is 7.61. The molecule has 1 unspecified atom stereocenters. The standard InChI is InChI=1S/C21H26O7/c1-5-9-26-19(22)8-7-15-11-16-13(3)10-20(23)28-18(16)12-17(15)27-14(4)21(24)25-6-2/h10-12,14H,5-9H2,1-4H3. The average molecular weight is 390 g/mol. The average Bonchev–Trinajstić information content (AvgIpc) is 2.64. The summed E-state index contributed by atoms with van der Waals surface area (Å²) < 4.78 is 21.1. The van der Waals surface area contributed by atoms with Crippen LogP contribution in [0.15, 0.2) is 27.4 Å². The van der Waals surface area contributed by atoms with Gasteiger partial charge in [0.15, 0.2) is 6.10 Å². The molecular formula is C21H26O7. The van der Waals surface area contributed by atoms with Crippen molar-refractivity contribution in [3.63, 3.8) is 0 Å². The molecule has 1 aromatic carbocycles. The SMILES string of the molecule is CCCOC(=O)CCc1cc2c(C)cc(=O)oc2cc1OC(C)C(=O)OCC. The van der Waals surface area contributed by atoms with Crippen LogP contribution in [0.3, 0.4) is 0 Å². The third-order valence-corrected chi connectivity index (χ3v) is 4.12. The van der Waals surface area contributed by atoms with Crippen LogP contribution in [0.25, 0.3) is 11.0 Å². The Labute approximate surface area is 163 Å². The molecule has 0 aliphatic rings.